The molecule has 7 heteroatoms. The van der Waals surface area contributed by atoms with Crippen LogP contribution in [0, 0.1) is 6.92 Å². The number of hydrogen-bond donors (Lipinski definition) is 1. The molecule has 0 aliphatic heterocycles. The minimum Gasteiger partial charge on any atom is -0.351 e. The summed E-state index contributed by atoms with van der Waals surface area (Å²) in [5, 5.41) is 12.6. The van der Waals surface area contributed by atoms with Crippen molar-refractivity contribution in [2.75, 3.05) is 5.75 Å². The second-order valence-corrected chi connectivity index (χ2v) is 7.31. The van der Waals surface area contributed by atoms with Crippen LogP contribution < -0.4 is 5.32 Å². The lowest BCUT2D eigenvalue weighted by Crippen LogP contribution is -2.24. The summed E-state index contributed by atoms with van der Waals surface area (Å²) in [5.41, 5.74) is 3.17. The van der Waals surface area contributed by atoms with Gasteiger partial charge in [-0.2, -0.15) is 0 Å². The molecule has 0 saturated carbocycles. The summed E-state index contributed by atoms with van der Waals surface area (Å²) in [6, 6.07) is 15.6. The molecule has 0 aliphatic carbocycles. The summed E-state index contributed by atoms with van der Waals surface area (Å²) in [5.74, 6) is 0.964. The standard InChI is InChI=1S/C19H19ClN4OS/c1-13-6-8-14(9-7-13)11-21-17(25)12-26-19-23-22-18(24(19)2)15-4-3-5-16(20)10-15/h3-10H,11-12H2,1-2H3,(H,21,25). The van der Waals surface area contributed by atoms with E-state index in [1.807, 2.05) is 67.1 Å². The Kier molecular flexibility index (Phi) is 5.96. The summed E-state index contributed by atoms with van der Waals surface area (Å²) >= 11 is 7.39. The van der Waals surface area contributed by atoms with Gasteiger partial charge in [-0.25, -0.2) is 0 Å². The molecule has 3 aromatic rings. The highest BCUT2D eigenvalue weighted by Crippen LogP contribution is 2.24. The number of aromatic nitrogens is 3. The zero-order chi connectivity index (χ0) is 18.5. The van der Waals surface area contributed by atoms with Crippen LogP contribution in [0.4, 0.5) is 0 Å². The predicted octanol–water partition coefficient (Wildman–Crippen LogP) is 3.85. The summed E-state index contributed by atoms with van der Waals surface area (Å²) in [6.07, 6.45) is 0. The molecule has 3 rings (SSSR count). The lowest BCUT2D eigenvalue weighted by Gasteiger charge is -2.06. The van der Waals surface area contributed by atoms with Crippen molar-refractivity contribution in [3.05, 3.63) is 64.7 Å². The smallest absolute Gasteiger partial charge is 0.230 e. The number of nitrogens with one attached hydrogen (secondary N) is 1. The fourth-order valence-electron chi connectivity index (χ4n) is 2.41. The second kappa shape index (κ2) is 8.38. The fraction of sp³-hybridized carbons (Fsp3) is 0.211. The van der Waals surface area contributed by atoms with Crippen molar-refractivity contribution in [3.63, 3.8) is 0 Å². The summed E-state index contributed by atoms with van der Waals surface area (Å²) in [4.78, 5) is 12.1. The first-order valence-electron chi connectivity index (χ1n) is 8.13. The van der Waals surface area contributed by atoms with Crippen molar-refractivity contribution >= 4 is 29.3 Å². The minimum atomic E-state index is -0.0390. The number of aryl methyl sites for hydroxylation is 1. The van der Waals surface area contributed by atoms with Gasteiger partial charge in [0.1, 0.15) is 0 Å². The number of halogens is 1. The van der Waals surface area contributed by atoms with Gasteiger partial charge in [0.2, 0.25) is 5.91 Å². The van der Waals surface area contributed by atoms with Crippen LogP contribution >= 0.6 is 23.4 Å². The molecule has 1 N–H and O–H groups in total. The summed E-state index contributed by atoms with van der Waals surface area (Å²) in [7, 11) is 1.88. The van der Waals surface area contributed by atoms with E-state index < -0.39 is 0 Å². The van der Waals surface area contributed by atoms with Crippen molar-refractivity contribution in [3.8, 4) is 11.4 Å². The van der Waals surface area contributed by atoms with Gasteiger partial charge in [-0.1, -0.05) is 65.3 Å². The first kappa shape index (κ1) is 18.5. The maximum absolute atomic E-state index is 12.1. The molecule has 134 valence electrons. The molecule has 0 aliphatic rings. The summed E-state index contributed by atoms with van der Waals surface area (Å²) < 4.78 is 1.86. The lowest BCUT2D eigenvalue weighted by molar-refractivity contribution is -0.118. The number of nitrogens with zero attached hydrogens (tertiary/aromatic N) is 3. The molecule has 0 atom stereocenters. The van der Waals surface area contributed by atoms with Crippen LogP contribution in [0.15, 0.2) is 53.7 Å². The quantitative estimate of drug-likeness (QED) is 0.653. The number of benzene rings is 2. The lowest BCUT2D eigenvalue weighted by atomic mass is 10.1. The number of thioether (sulfide) groups is 1. The molecule has 0 saturated heterocycles. The SMILES string of the molecule is Cc1ccc(CNC(=O)CSc2nnc(-c3cccc(Cl)c3)n2C)cc1. The molecule has 26 heavy (non-hydrogen) atoms. The largest absolute Gasteiger partial charge is 0.351 e. The van der Waals surface area contributed by atoms with E-state index in [4.69, 9.17) is 11.6 Å². The van der Waals surface area contributed by atoms with Gasteiger partial charge in [-0.05, 0) is 24.6 Å². The zero-order valence-corrected chi connectivity index (χ0v) is 16.1. The molecule has 0 radical (unpaired) electrons. The zero-order valence-electron chi connectivity index (χ0n) is 14.6. The van der Waals surface area contributed by atoms with Gasteiger partial charge in [0.25, 0.3) is 0 Å². The third kappa shape index (κ3) is 4.65. The maximum atomic E-state index is 12.1. The predicted molar refractivity (Wildman–Crippen MR) is 105 cm³/mol. The van der Waals surface area contributed by atoms with Crippen LogP contribution in [0.5, 0.6) is 0 Å². The number of rotatable bonds is 6. The average molecular weight is 387 g/mol. The van der Waals surface area contributed by atoms with Crippen LogP contribution in [0.3, 0.4) is 0 Å². The van der Waals surface area contributed by atoms with E-state index in [0.29, 0.717) is 16.7 Å². The highest BCUT2D eigenvalue weighted by atomic mass is 35.5. The average Bonchev–Trinajstić information content (AvgIpc) is 3.00. The van der Waals surface area contributed by atoms with Crippen molar-refractivity contribution in [2.24, 2.45) is 7.05 Å². The van der Waals surface area contributed by atoms with Crippen LogP contribution in [0.2, 0.25) is 5.02 Å². The highest BCUT2D eigenvalue weighted by Gasteiger charge is 2.13. The highest BCUT2D eigenvalue weighted by molar-refractivity contribution is 7.99. The van der Waals surface area contributed by atoms with Crippen LogP contribution in [0.25, 0.3) is 11.4 Å². The molecule has 1 aromatic heterocycles. The third-order valence-electron chi connectivity index (χ3n) is 3.86. The van der Waals surface area contributed by atoms with E-state index >= 15 is 0 Å². The van der Waals surface area contributed by atoms with E-state index in [-0.39, 0.29) is 11.7 Å². The number of carbonyl (C=O) groups excluding carboxylic acids is 1. The van der Waals surface area contributed by atoms with Gasteiger partial charge >= 0.3 is 0 Å². The molecule has 0 bridgehead atoms. The Morgan fingerprint density at radius 2 is 1.96 bits per heavy atom. The van der Waals surface area contributed by atoms with Gasteiger partial charge in [-0.3, -0.25) is 4.79 Å². The fourth-order valence-corrected chi connectivity index (χ4v) is 3.34. The molecule has 0 unspecified atom stereocenters. The second-order valence-electron chi connectivity index (χ2n) is 5.93. The van der Waals surface area contributed by atoms with Crippen molar-refractivity contribution in [1.29, 1.82) is 0 Å². The van der Waals surface area contributed by atoms with Crippen molar-refractivity contribution < 1.29 is 4.79 Å². The Hall–Kier alpha value is -2.31. The molecular formula is C19H19ClN4OS. The Labute approximate surface area is 161 Å². The Morgan fingerprint density at radius 3 is 2.69 bits per heavy atom. The topological polar surface area (TPSA) is 59.8 Å². The van der Waals surface area contributed by atoms with E-state index in [2.05, 4.69) is 15.5 Å². The van der Waals surface area contributed by atoms with Crippen molar-refractivity contribution in [1.82, 2.24) is 20.1 Å². The van der Waals surface area contributed by atoms with Gasteiger partial charge < -0.3 is 9.88 Å². The third-order valence-corrected chi connectivity index (χ3v) is 5.12. The van der Waals surface area contributed by atoms with E-state index in [1.165, 1.54) is 17.3 Å². The molecule has 1 heterocycles. The first-order chi connectivity index (χ1) is 12.5. The van der Waals surface area contributed by atoms with Crippen LogP contribution in [-0.4, -0.2) is 26.4 Å². The monoisotopic (exact) mass is 386 g/mol. The Morgan fingerprint density at radius 1 is 1.19 bits per heavy atom. The molecule has 5 nitrogen and oxygen atoms in total. The van der Waals surface area contributed by atoms with Gasteiger partial charge in [-0.15, -0.1) is 10.2 Å². The van der Waals surface area contributed by atoms with E-state index in [1.54, 1.807) is 0 Å². The molecule has 2 aromatic carbocycles. The number of hydrogen-bond acceptors (Lipinski definition) is 4. The van der Waals surface area contributed by atoms with E-state index in [9.17, 15) is 4.79 Å². The normalized spacial score (nSPS) is 10.7. The first-order valence-corrected chi connectivity index (χ1v) is 9.49. The maximum Gasteiger partial charge on any atom is 0.230 e. The molecule has 1 amide bonds. The Bertz CT molecular complexity index is 908. The van der Waals surface area contributed by atoms with Crippen LogP contribution in [-0.2, 0) is 18.4 Å². The molecule has 0 spiro atoms. The summed E-state index contributed by atoms with van der Waals surface area (Å²) in [6.45, 7) is 2.56. The van der Waals surface area contributed by atoms with Gasteiger partial charge in [0, 0.05) is 24.2 Å². The molecule has 0 fully saturated rings. The van der Waals surface area contributed by atoms with Crippen molar-refractivity contribution in [2.45, 2.75) is 18.6 Å². The van der Waals surface area contributed by atoms with Gasteiger partial charge in [0.15, 0.2) is 11.0 Å². The minimum absolute atomic E-state index is 0.0390. The van der Waals surface area contributed by atoms with E-state index in [0.717, 1.165) is 17.0 Å². The number of amides is 1. The number of carbonyl (C=O) groups is 1. The van der Waals surface area contributed by atoms with Gasteiger partial charge in [0.05, 0.1) is 5.75 Å². The Balaban J connectivity index is 1.56. The molecular weight excluding hydrogens is 368 g/mol. The van der Waals surface area contributed by atoms with Crippen LogP contribution in [0.1, 0.15) is 11.1 Å².